The maximum atomic E-state index is 13.5. The van der Waals surface area contributed by atoms with Crippen LogP contribution < -0.4 is 5.32 Å². The van der Waals surface area contributed by atoms with Gasteiger partial charge in [-0.05, 0) is 25.1 Å². The Morgan fingerprint density at radius 1 is 1.53 bits per heavy atom. The third kappa shape index (κ3) is 3.08. The van der Waals surface area contributed by atoms with E-state index < -0.39 is 23.1 Å². The van der Waals surface area contributed by atoms with E-state index >= 15 is 0 Å². The Bertz CT molecular complexity index is 488. The minimum absolute atomic E-state index is 0.107. The number of hydrogen-bond donors (Lipinski definition) is 2. The summed E-state index contributed by atoms with van der Waals surface area (Å²) in [5.74, 6) is -2.19. The quantitative estimate of drug-likeness (QED) is 0.852. The number of hydrogen-bond acceptors (Lipinski definition) is 3. The summed E-state index contributed by atoms with van der Waals surface area (Å²) in [6, 6.07) is 2.82. The third-order valence-corrected chi connectivity index (χ3v) is 3.26. The van der Waals surface area contributed by atoms with Gasteiger partial charge in [-0.2, -0.15) is 0 Å². The molecule has 1 heterocycles. The molecular formula is C13H16F2N2O2. The van der Waals surface area contributed by atoms with Gasteiger partial charge in [-0.1, -0.05) is 0 Å². The molecule has 1 atom stereocenters. The van der Waals surface area contributed by atoms with Crippen molar-refractivity contribution >= 4 is 5.91 Å². The molecule has 104 valence electrons. The number of aliphatic hydroxyl groups is 1. The first kappa shape index (κ1) is 13.9. The first-order valence-corrected chi connectivity index (χ1v) is 6.05. The van der Waals surface area contributed by atoms with Crippen LogP contribution in [0.4, 0.5) is 8.78 Å². The predicted molar refractivity (Wildman–Crippen MR) is 65.8 cm³/mol. The lowest BCUT2D eigenvalue weighted by atomic mass is 10.0. The van der Waals surface area contributed by atoms with Gasteiger partial charge in [0.25, 0.3) is 5.91 Å². The molecule has 1 aliphatic heterocycles. The minimum Gasteiger partial charge on any atom is -0.387 e. The van der Waals surface area contributed by atoms with Crippen LogP contribution in [0, 0.1) is 11.6 Å². The number of likely N-dealkylation sites (N-methyl/N-ethyl adjacent to an activating group) is 1. The molecule has 1 amide bonds. The van der Waals surface area contributed by atoms with Crippen molar-refractivity contribution in [1.82, 2.24) is 10.2 Å². The Kier molecular flexibility index (Phi) is 3.82. The van der Waals surface area contributed by atoms with Gasteiger partial charge >= 0.3 is 0 Å². The smallest absolute Gasteiger partial charge is 0.256 e. The molecule has 0 spiro atoms. The van der Waals surface area contributed by atoms with E-state index in [-0.39, 0.29) is 12.1 Å². The van der Waals surface area contributed by atoms with E-state index in [1.54, 1.807) is 0 Å². The van der Waals surface area contributed by atoms with Gasteiger partial charge in [-0.25, -0.2) is 8.78 Å². The molecule has 1 unspecified atom stereocenters. The van der Waals surface area contributed by atoms with Crippen LogP contribution in [0.3, 0.4) is 0 Å². The SMILES string of the molecule is CN(CC1(O)CCNC1)C(=O)c1ccc(F)cc1F. The molecule has 19 heavy (non-hydrogen) atoms. The number of halogens is 2. The van der Waals surface area contributed by atoms with Crippen LogP contribution in [0.25, 0.3) is 0 Å². The van der Waals surface area contributed by atoms with Gasteiger partial charge in [-0.3, -0.25) is 4.79 Å². The summed E-state index contributed by atoms with van der Waals surface area (Å²) in [4.78, 5) is 13.3. The number of rotatable bonds is 3. The molecule has 1 aromatic carbocycles. The van der Waals surface area contributed by atoms with E-state index in [0.29, 0.717) is 25.6 Å². The van der Waals surface area contributed by atoms with Crippen molar-refractivity contribution in [3.63, 3.8) is 0 Å². The molecule has 4 nitrogen and oxygen atoms in total. The number of benzene rings is 1. The van der Waals surface area contributed by atoms with Gasteiger partial charge in [0.1, 0.15) is 11.6 Å². The van der Waals surface area contributed by atoms with Crippen LogP contribution >= 0.6 is 0 Å². The van der Waals surface area contributed by atoms with E-state index in [1.165, 1.54) is 11.9 Å². The standard InChI is InChI=1S/C13H16F2N2O2/c1-17(8-13(19)4-5-16-7-13)12(18)10-3-2-9(14)6-11(10)15/h2-3,6,16,19H,4-5,7-8H2,1H3. The summed E-state index contributed by atoms with van der Waals surface area (Å²) in [5, 5.41) is 13.2. The fourth-order valence-electron chi connectivity index (χ4n) is 2.25. The monoisotopic (exact) mass is 270 g/mol. The van der Waals surface area contributed by atoms with E-state index in [1.807, 2.05) is 0 Å². The normalized spacial score (nSPS) is 22.5. The molecule has 2 N–H and O–H groups in total. The molecule has 1 aliphatic rings. The lowest BCUT2D eigenvalue weighted by Gasteiger charge is -2.28. The Labute approximate surface area is 110 Å². The second-order valence-electron chi connectivity index (χ2n) is 4.94. The zero-order valence-electron chi connectivity index (χ0n) is 10.6. The van der Waals surface area contributed by atoms with Crippen LogP contribution in [-0.2, 0) is 0 Å². The molecule has 1 fully saturated rings. The van der Waals surface area contributed by atoms with Crippen molar-refractivity contribution in [2.24, 2.45) is 0 Å². The van der Waals surface area contributed by atoms with Gasteiger partial charge in [0.2, 0.25) is 0 Å². The zero-order chi connectivity index (χ0) is 14.0. The van der Waals surface area contributed by atoms with Crippen LogP contribution in [0.5, 0.6) is 0 Å². The highest BCUT2D eigenvalue weighted by Gasteiger charge is 2.34. The molecular weight excluding hydrogens is 254 g/mol. The Morgan fingerprint density at radius 3 is 2.84 bits per heavy atom. The molecule has 1 aromatic rings. The van der Waals surface area contributed by atoms with Gasteiger partial charge < -0.3 is 15.3 Å². The van der Waals surface area contributed by atoms with Crippen LogP contribution in [0.2, 0.25) is 0 Å². The fourth-order valence-corrected chi connectivity index (χ4v) is 2.25. The molecule has 0 aromatic heterocycles. The molecule has 0 radical (unpaired) electrons. The molecule has 0 saturated carbocycles. The van der Waals surface area contributed by atoms with Gasteiger partial charge in [0.05, 0.1) is 17.7 Å². The Hall–Kier alpha value is -1.53. The van der Waals surface area contributed by atoms with E-state index in [4.69, 9.17) is 0 Å². The van der Waals surface area contributed by atoms with Crippen molar-refractivity contribution in [3.8, 4) is 0 Å². The minimum atomic E-state index is -0.985. The lowest BCUT2D eigenvalue weighted by Crippen LogP contribution is -2.45. The van der Waals surface area contributed by atoms with Crippen LogP contribution in [0.15, 0.2) is 18.2 Å². The lowest BCUT2D eigenvalue weighted by molar-refractivity contribution is 0.0250. The van der Waals surface area contributed by atoms with Crippen LogP contribution in [-0.4, -0.2) is 48.2 Å². The average molecular weight is 270 g/mol. The molecule has 6 heteroatoms. The summed E-state index contributed by atoms with van der Waals surface area (Å²) in [6.45, 7) is 1.19. The number of β-amino-alcohol motifs (C(OH)–C–C–N with tert-alkyl or cyclic N) is 1. The Balaban J connectivity index is 2.10. The number of nitrogens with zero attached hydrogens (tertiary/aromatic N) is 1. The highest BCUT2D eigenvalue weighted by Crippen LogP contribution is 2.18. The zero-order valence-corrected chi connectivity index (χ0v) is 10.6. The number of amides is 1. The van der Waals surface area contributed by atoms with Crippen molar-refractivity contribution in [1.29, 1.82) is 0 Å². The maximum absolute atomic E-state index is 13.5. The van der Waals surface area contributed by atoms with E-state index in [9.17, 15) is 18.7 Å². The first-order valence-electron chi connectivity index (χ1n) is 6.05. The van der Waals surface area contributed by atoms with Crippen molar-refractivity contribution in [2.75, 3.05) is 26.7 Å². The first-order chi connectivity index (χ1) is 8.91. The number of carbonyl (C=O) groups excluding carboxylic acids is 1. The molecule has 1 saturated heterocycles. The van der Waals surface area contributed by atoms with E-state index in [0.717, 1.165) is 12.1 Å². The van der Waals surface area contributed by atoms with Crippen LogP contribution in [0.1, 0.15) is 16.8 Å². The summed E-state index contributed by atoms with van der Waals surface area (Å²) in [6.07, 6.45) is 0.538. The topological polar surface area (TPSA) is 52.6 Å². The average Bonchev–Trinajstić information content (AvgIpc) is 2.75. The van der Waals surface area contributed by atoms with E-state index in [2.05, 4.69) is 5.32 Å². The fraction of sp³-hybridized carbons (Fsp3) is 0.462. The highest BCUT2D eigenvalue weighted by atomic mass is 19.1. The predicted octanol–water partition coefficient (Wildman–Crippen LogP) is 0.761. The summed E-state index contributed by atoms with van der Waals surface area (Å²) < 4.78 is 26.3. The summed E-state index contributed by atoms with van der Waals surface area (Å²) in [5.41, 5.74) is -1.18. The molecule has 0 bridgehead atoms. The summed E-state index contributed by atoms with van der Waals surface area (Å²) in [7, 11) is 1.49. The van der Waals surface area contributed by atoms with Crippen molar-refractivity contribution in [3.05, 3.63) is 35.4 Å². The summed E-state index contributed by atoms with van der Waals surface area (Å²) >= 11 is 0. The van der Waals surface area contributed by atoms with Gasteiger partial charge in [0.15, 0.2) is 0 Å². The van der Waals surface area contributed by atoms with Gasteiger partial charge in [0, 0.05) is 19.7 Å². The highest BCUT2D eigenvalue weighted by molar-refractivity contribution is 5.94. The van der Waals surface area contributed by atoms with Gasteiger partial charge in [-0.15, -0.1) is 0 Å². The second-order valence-corrected chi connectivity index (χ2v) is 4.94. The molecule has 2 rings (SSSR count). The maximum Gasteiger partial charge on any atom is 0.256 e. The largest absolute Gasteiger partial charge is 0.387 e. The number of carbonyl (C=O) groups is 1. The number of nitrogens with one attached hydrogen (secondary N) is 1. The third-order valence-electron chi connectivity index (χ3n) is 3.26. The Morgan fingerprint density at radius 2 is 2.26 bits per heavy atom. The van der Waals surface area contributed by atoms with Crippen molar-refractivity contribution < 1.29 is 18.7 Å². The second kappa shape index (κ2) is 5.22. The van der Waals surface area contributed by atoms with Crippen molar-refractivity contribution in [2.45, 2.75) is 12.0 Å². The molecule has 0 aliphatic carbocycles.